The minimum absolute atomic E-state index is 0.316. The highest BCUT2D eigenvalue weighted by molar-refractivity contribution is 9.10. The summed E-state index contributed by atoms with van der Waals surface area (Å²) in [6.07, 6.45) is 0.316. The van der Waals surface area contributed by atoms with Crippen molar-refractivity contribution in [3.8, 4) is 0 Å². The summed E-state index contributed by atoms with van der Waals surface area (Å²) in [5.74, 6) is 0. The molecule has 1 aliphatic rings. The van der Waals surface area contributed by atoms with Crippen LogP contribution in [-0.2, 0) is 11.3 Å². The van der Waals surface area contributed by atoms with Crippen molar-refractivity contribution in [2.45, 2.75) is 12.6 Å². The number of halogens is 1. The van der Waals surface area contributed by atoms with Gasteiger partial charge in [0, 0.05) is 30.7 Å². The molecule has 1 aromatic carbocycles. The van der Waals surface area contributed by atoms with Gasteiger partial charge in [0.1, 0.15) is 0 Å². The number of hydrogen-bond donors (Lipinski definition) is 1. The van der Waals surface area contributed by atoms with Gasteiger partial charge in [0.15, 0.2) is 0 Å². The van der Waals surface area contributed by atoms with Crippen molar-refractivity contribution in [3.63, 3.8) is 0 Å². The van der Waals surface area contributed by atoms with Crippen molar-refractivity contribution >= 4 is 15.9 Å². The lowest BCUT2D eigenvalue weighted by molar-refractivity contribution is -0.0182. The van der Waals surface area contributed by atoms with E-state index in [2.05, 4.69) is 51.4 Å². The van der Waals surface area contributed by atoms with Crippen molar-refractivity contribution in [1.82, 2.24) is 10.2 Å². The summed E-state index contributed by atoms with van der Waals surface area (Å²) in [4.78, 5) is 2.31. The first-order valence-electron chi connectivity index (χ1n) is 6.00. The zero-order chi connectivity index (χ0) is 12.1. The molecule has 2 rings (SSSR count). The van der Waals surface area contributed by atoms with E-state index >= 15 is 0 Å². The van der Waals surface area contributed by atoms with Gasteiger partial charge in [-0.15, -0.1) is 0 Å². The second-order valence-electron chi connectivity index (χ2n) is 4.48. The first-order valence-corrected chi connectivity index (χ1v) is 6.79. The summed E-state index contributed by atoms with van der Waals surface area (Å²) in [7, 11) is 2.14. The second-order valence-corrected chi connectivity index (χ2v) is 5.33. The van der Waals surface area contributed by atoms with E-state index in [1.54, 1.807) is 0 Å². The van der Waals surface area contributed by atoms with Gasteiger partial charge in [-0.2, -0.15) is 0 Å². The summed E-state index contributed by atoms with van der Waals surface area (Å²) < 4.78 is 6.86. The van der Waals surface area contributed by atoms with E-state index in [4.69, 9.17) is 4.74 Å². The quantitative estimate of drug-likeness (QED) is 0.918. The molecule has 1 fully saturated rings. The Morgan fingerprint density at radius 1 is 1.47 bits per heavy atom. The summed E-state index contributed by atoms with van der Waals surface area (Å²) in [6, 6.07) is 8.30. The van der Waals surface area contributed by atoms with E-state index in [9.17, 15) is 0 Å². The van der Waals surface area contributed by atoms with Crippen molar-refractivity contribution in [3.05, 3.63) is 34.3 Å². The molecule has 0 bridgehead atoms. The van der Waals surface area contributed by atoms with Crippen LogP contribution >= 0.6 is 15.9 Å². The number of nitrogens with zero attached hydrogens (tertiary/aromatic N) is 1. The molecule has 94 valence electrons. The third kappa shape index (κ3) is 4.07. The van der Waals surface area contributed by atoms with E-state index in [1.807, 2.05) is 6.07 Å². The predicted octanol–water partition coefficient (Wildman–Crippen LogP) is 1.87. The maximum Gasteiger partial charge on any atom is 0.0826 e. The van der Waals surface area contributed by atoms with Crippen LogP contribution in [0.4, 0.5) is 0 Å². The monoisotopic (exact) mass is 298 g/mol. The van der Waals surface area contributed by atoms with Crippen LogP contribution in [0.3, 0.4) is 0 Å². The molecule has 17 heavy (non-hydrogen) atoms. The van der Waals surface area contributed by atoms with Crippen LogP contribution in [0.25, 0.3) is 0 Å². The Hall–Kier alpha value is -0.420. The van der Waals surface area contributed by atoms with E-state index in [0.717, 1.165) is 37.3 Å². The maximum absolute atomic E-state index is 5.70. The Labute approximate surface area is 111 Å². The molecule has 1 N–H and O–H groups in total. The fourth-order valence-electron chi connectivity index (χ4n) is 2.00. The molecule has 3 nitrogen and oxygen atoms in total. The van der Waals surface area contributed by atoms with Crippen LogP contribution in [0.5, 0.6) is 0 Å². The van der Waals surface area contributed by atoms with Crippen LogP contribution in [0.15, 0.2) is 28.7 Å². The Morgan fingerprint density at radius 3 is 3.06 bits per heavy atom. The molecule has 1 saturated heterocycles. The van der Waals surface area contributed by atoms with Gasteiger partial charge in [-0.1, -0.05) is 34.1 Å². The van der Waals surface area contributed by atoms with Gasteiger partial charge in [-0.05, 0) is 18.7 Å². The normalized spacial score (nSPS) is 21.6. The van der Waals surface area contributed by atoms with E-state index in [-0.39, 0.29) is 0 Å². The predicted molar refractivity (Wildman–Crippen MR) is 73.1 cm³/mol. The fraction of sp³-hybridized carbons (Fsp3) is 0.538. The van der Waals surface area contributed by atoms with Crippen molar-refractivity contribution in [2.75, 3.05) is 33.3 Å². The zero-order valence-electron chi connectivity index (χ0n) is 10.2. The first kappa shape index (κ1) is 13.0. The summed E-state index contributed by atoms with van der Waals surface area (Å²) in [5, 5.41) is 3.45. The maximum atomic E-state index is 5.70. The molecule has 0 amide bonds. The van der Waals surface area contributed by atoms with Gasteiger partial charge in [0.2, 0.25) is 0 Å². The highest BCUT2D eigenvalue weighted by Crippen LogP contribution is 2.15. The van der Waals surface area contributed by atoms with E-state index < -0.39 is 0 Å². The van der Waals surface area contributed by atoms with Crippen LogP contribution in [0.2, 0.25) is 0 Å². The molecule has 1 aliphatic heterocycles. The molecule has 4 heteroatoms. The van der Waals surface area contributed by atoms with E-state index in [1.165, 1.54) is 5.56 Å². The standard InChI is InChI=1S/C13H19BrN2O/c1-16-6-7-17-12(10-16)9-15-8-11-4-2-3-5-13(11)14/h2-5,12,15H,6-10H2,1H3. The average molecular weight is 299 g/mol. The Kier molecular flexibility index (Phi) is 4.98. The van der Waals surface area contributed by atoms with Gasteiger partial charge in [-0.25, -0.2) is 0 Å². The van der Waals surface area contributed by atoms with Gasteiger partial charge in [0.05, 0.1) is 12.7 Å². The lowest BCUT2D eigenvalue weighted by Gasteiger charge is -2.30. The molecule has 0 spiro atoms. The number of morpholine rings is 1. The third-order valence-corrected chi connectivity index (χ3v) is 3.76. The molecule has 0 saturated carbocycles. The Morgan fingerprint density at radius 2 is 2.29 bits per heavy atom. The number of rotatable bonds is 4. The average Bonchev–Trinajstić information content (AvgIpc) is 2.32. The van der Waals surface area contributed by atoms with Gasteiger partial charge >= 0.3 is 0 Å². The minimum Gasteiger partial charge on any atom is -0.374 e. The second kappa shape index (κ2) is 6.50. The lowest BCUT2D eigenvalue weighted by Crippen LogP contribution is -2.44. The SMILES string of the molecule is CN1CCOC(CNCc2ccccc2Br)C1. The Balaban J connectivity index is 1.74. The number of likely N-dealkylation sites (N-methyl/N-ethyl adjacent to an activating group) is 1. The van der Waals surface area contributed by atoms with Crippen LogP contribution in [0.1, 0.15) is 5.56 Å². The minimum atomic E-state index is 0.316. The molecule has 1 heterocycles. The highest BCUT2D eigenvalue weighted by atomic mass is 79.9. The molecule has 0 aliphatic carbocycles. The smallest absolute Gasteiger partial charge is 0.0826 e. The van der Waals surface area contributed by atoms with Crippen LogP contribution < -0.4 is 5.32 Å². The molecule has 0 radical (unpaired) electrons. The number of ether oxygens (including phenoxy) is 1. The van der Waals surface area contributed by atoms with Crippen molar-refractivity contribution < 1.29 is 4.74 Å². The molecule has 1 unspecified atom stereocenters. The number of benzene rings is 1. The lowest BCUT2D eigenvalue weighted by atomic mass is 10.2. The van der Waals surface area contributed by atoms with Gasteiger partial charge in [0.25, 0.3) is 0 Å². The van der Waals surface area contributed by atoms with E-state index in [0.29, 0.717) is 6.10 Å². The summed E-state index contributed by atoms with van der Waals surface area (Å²) in [5.41, 5.74) is 1.29. The highest BCUT2D eigenvalue weighted by Gasteiger charge is 2.16. The number of hydrogen-bond acceptors (Lipinski definition) is 3. The summed E-state index contributed by atoms with van der Waals surface area (Å²) >= 11 is 3.55. The first-order chi connectivity index (χ1) is 8.25. The van der Waals surface area contributed by atoms with Crippen LogP contribution in [-0.4, -0.2) is 44.3 Å². The van der Waals surface area contributed by atoms with Crippen molar-refractivity contribution in [1.29, 1.82) is 0 Å². The molecular weight excluding hydrogens is 280 g/mol. The molecule has 0 aromatic heterocycles. The third-order valence-electron chi connectivity index (χ3n) is 2.99. The van der Waals surface area contributed by atoms with Gasteiger partial charge in [-0.3, -0.25) is 0 Å². The largest absolute Gasteiger partial charge is 0.374 e. The number of nitrogens with one attached hydrogen (secondary N) is 1. The molecule has 1 atom stereocenters. The van der Waals surface area contributed by atoms with Crippen molar-refractivity contribution in [2.24, 2.45) is 0 Å². The molecular formula is C13H19BrN2O. The molecule has 1 aromatic rings. The summed E-state index contributed by atoms with van der Waals surface area (Å²) in [6.45, 7) is 4.69. The van der Waals surface area contributed by atoms with Gasteiger partial charge < -0.3 is 15.0 Å². The van der Waals surface area contributed by atoms with Crippen LogP contribution in [0, 0.1) is 0 Å². The fourth-order valence-corrected chi connectivity index (χ4v) is 2.42. The topological polar surface area (TPSA) is 24.5 Å². The zero-order valence-corrected chi connectivity index (χ0v) is 11.7. The Bertz CT molecular complexity index is 359.